The number of halogens is 5. The smallest absolute Gasteiger partial charge is 0.405 e. The normalized spacial score (nSPS) is 18.0. The molecule has 0 aliphatic carbocycles. The highest BCUT2D eigenvalue weighted by Gasteiger charge is 2.41. The van der Waals surface area contributed by atoms with Crippen LogP contribution in [0.1, 0.15) is 68.6 Å². The first-order chi connectivity index (χ1) is 20.4. The molecule has 1 aliphatic rings. The molecule has 1 fully saturated rings. The van der Waals surface area contributed by atoms with Gasteiger partial charge in [0.15, 0.2) is 19.8 Å². The van der Waals surface area contributed by atoms with E-state index in [2.05, 4.69) is 19.9 Å². The maximum atomic E-state index is 14.0. The second kappa shape index (κ2) is 13.0. The van der Waals surface area contributed by atoms with E-state index in [-0.39, 0.29) is 40.9 Å². The number of aromatic nitrogens is 2. The molecule has 1 saturated heterocycles. The SMILES string of the molecule is Cc1c(C(F)(F)F)nnc(N2CCCC(F)(F)CC2)c1C(=O)Nc1cccc([S@@](C)(=O)=NC(=O)[C@@H](C)O[Si](C)(C)C(C)(C)C)c1. The van der Waals surface area contributed by atoms with Crippen molar-refractivity contribution in [3.8, 4) is 0 Å². The molecule has 0 radical (unpaired) electrons. The Morgan fingerprint density at radius 1 is 1.13 bits per heavy atom. The van der Waals surface area contributed by atoms with Crippen LogP contribution in [0, 0.1) is 6.92 Å². The summed E-state index contributed by atoms with van der Waals surface area (Å²) in [6.07, 6.45) is -5.56. The Bertz CT molecular complexity index is 1570. The van der Waals surface area contributed by atoms with E-state index in [0.717, 1.165) is 6.92 Å². The van der Waals surface area contributed by atoms with Gasteiger partial charge in [-0.2, -0.15) is 17.5 Å². The van der Waals surface area contributed by atoms with Gasteiger partial charge in [0.05, 0.1) is 15.3 Å². The van der Waals surface area contributed by atoms with Crippen molar-refractivity contribution in [3.63, 3.8) is 0 Å². The van der Waals surface area contributed by atoms with Gasteiger partial charge in [-0.25, -0.2) is 13.0 Å². The van der Waals surface area contributed by atoms with Crippen LogP contribution in [0.2, 0.25) is 18.1 Å². The summed E-state index contributed by atoms with van der Waals surface area (Å²) in [6, 6.07) is 5.61. The summed E-state index contributed by atoms with van der Waals surface area (Å²) >= 11 is 0. The van der Waals surface area contributed by atoms with E-state index < -0.39 is 77.7 Å². The highest BCUT2D eigenvalue weighted by atomic mass is 32.2. The van der Waals surface area contributed by atoms with Crippen LogP contribution in [0.4, 0.5) is 33.5 Å². The molecule has 1 aromatic heterocycles. The number of anilines is 2. The van der Waals surface area contributed by atoms with Gasteiger partial charge in [0.1, 0.15) is 6.10 Å². The van der Waals surface area contributed by atoms with Gasteiger partial charge in [0.25, 0.3) is 11.8 Å². The van der Waals surface area contributed by atoms with E-state index in [9.17, 15) is 35.8 Å². The average Bonchev–Trinajstić information content (AvgIpc) is 3.06. The molecule has 0 bridgehead atoms. The number of carbonyl (C=O) groups is 2. The number of nitrogens with one attached hydrogen (secondary N) is 1. The van der Waals surface area contributed by atoms with Gasteiger partial charge in [-0.1, -0.05) is 26.8 Å². The lowest BCUT2D eigenvalue weighted by Crippen LogP contribution is -2.45. The zero-order valence-electron chi connectivity index (χ0n) is 26.6. The van der Waals surface area contributed by atoms with Gasteiger partial charge in [-0.05, 0) is 62.2 Å². The van der Waals surface area contributed by atoms with Crippen molar-refractivity contribution in [1.29, 1.82) is 0 Å². The zero-order valence-corrected chi connectivity index (χ0v) is 28.5. The number of hydrogen-bond donors (Lipinski definition) is 1. The average molecular weight is 678 g/mol. The number of alkyl halides is 5. The number of hydrogen-bond acceptors (Lipinski definition) is 7. The quantitative estimate of drug-likeness (QED) is 0.246. The molecule has 2 amide bonds. The lowest BCUT2D eigenvalue weighted by molar-refractivity contribution is -0.142. The van der Waals surface area contributed by atoms with Crippen molar-refractivity contribution in [2.45, 2.75) is 95.1 Å². The summed E-state index contributed by atoms with van der Waals surface area (Å²) < 4.78 is 92.8. The van der Waals surface area contributed by atoms with Gasteiger partial charge in [0.2, 0.25) is 5.92 Å². The van der Waals surface area contributed by atoms with Gasteiger partial charge in [-0.15, -0.1) is 10.2 Å². The molecule has 0 unspecified atom stereocenters. The molecule has 45 heavy (non-hydrogen) atoms. The van der Waals surface area contributed by atoms with Crippen LogP contribution >= 0.6 is 0 Å². The number of nitrogens with zero attached hydrogens (tertiary/aromatic N) is 4. The van der Waals surface area contributed by atoms with Crippen LogP contribution in [0.15, 0.2) is 33.5 Å². The minimum atomic E-state index is -4.93. The van der Waals surface area contributed by atoms with E-state index in [1.54, 1.807) is 6.92 Å². The topological polar surface area (TPSA) is 114 Å². The van der Waals surface area contributed by atoms with Crippen molar-refractivity contribution in [3.05, 3.63) is 41.1 Å². The van der Waals surface area contributed by atoms with Gasteiger partial charge >= 0.3 is 6.18 Å². The van der Waals surface area contributed by atoms with Crippen molar-refractivity contribution >= 4 is 41.4 Å². The van der Waals surface area contributed by atoms with E-state index in [1.165, 1.54) is 35.4 Å². The Labute approximate surface area is 261 Å². The first-order valence-electron chi connectivity index (χ1n) is 14.4. The van der Waals surface area contributed by atoms with Crippen LogP contribution in [-0.4, -0.2) is 65.9 Å². The van der Waals surface area contributed by atoms with Gasteiger partial charge < -0.3 is 14.6 Å². The van der Waals surface area contributed by atoms with E-state index in [0.29, 0.717) is 0 Å². The molecule has 9 nitrogen and oxygen atoms in total. The van der Waals surface area contributed by atoms with Crippen LogP contribution in [0.25, 0.3) is 0 Å². The van der Waals surface area contributed by atoms with E-state index in [4.69, 9.17) is 4.43 Å². The Hall–Kier alpha value is -2.98. The van der Waals surface area contributed by atoms with Crippen LogP contribution in [0.3, 0.4) is 0 Å². The molecule has 0 spiro atoms. The minimum absolute atomic E-state index is 0.0322. The second-order valence-corrected chi connectivity index (χ2v) is 19.8. The molecule has 1 N–H and O–H groups in total. The first kappa shape index (κ1) is 36.5. The second-order valence-electron chi connectivity index (χ2n) is 12.8. The number of rotatable bonds is 7. The summed E-state index contributed by atoms with van der Waals surface area (Å²) in [4.78, 5) is 27.9. The van der Waals surface area contributed by atoms with Gasteiger partial charge in [-0.3, -0.25) is 9.59 Å². The Morgan fingerprint density at radius 3 is 2.38 bits per heavy atom. The molecule has 1 aliphatic heterocycles. The fourth-order valence-electron chi connectivity index (χ4n) is 4.52. The fraction of sp³-hybridized carbons (Fsp3) is 0.586. The van der Waals surface area contributed by atoms with Crippen LogP contribution < -0.4 is 10.2 Å². The Kier molecular flexibility index (Phi) is 10.6. The third kappa shape index (κ3) is 8.85. The largest absolute Gasteiger partial charge is 0.435 e. The summed E-state index contributed by atoms with van der Waals surface area (Å²) in [7, 11) is -5.67. The maximum absolute atomic E-state index is 14.0. The lowest BCUT2D eigenvalue weighted by atomic mass is 10.1. The van der Waals surface area contributed by atoms with Crippen molar-refractivity contribution in [2.75, 3.05) is 29.6 Å². The van der Waals surface area contributed by atoms with E-state index >= 15 is 0 Å². The van der Waals surface area contributed by atoms with Crippen molar-refractivity contribution in [1.82, 2.24) is 10.2 Å². The van der Waals surface area contributed by atoms with Crippen LogP contribution in [-0.2, 0) is 25.1 Å². The predicted molar refractivity (Wildman–Crippen MR) is 165 cm³/mol. The van der Waals surface area contributed by atoms with Gasteiger partial charge in [0, 0.05) is 42.8 Å². The molecule has 0 saturated carbocycles. The summed E-state index contributed by atoms with van der Waals surface area (Å²) in [6.45, 7) is 12.4. The third-order valence-electron chi connectivity index (χ3n) is 8.13. The summed E-state index contributed by atoms with van der Waals surface area (Å²) in [5.41, 5.74) is -2.32. The number of amides is 2. The molecular formula is C29H40F5N5O4SSi. The monoisotopic (exact) mass is 677 g/mol. The zero-order chi connectivity index (χ0) is 34.2. The van der Waals surface area contributed by atoms with E-state index in [1.807, 2.05) is 33.9 Å². The molecule has 1 aromatic carbocycles. The lowest BCUT2D eigenvalue weighted by Gasteiger charge is -2.37. The van der Waals surface area contributed by atoms with Crippen LogP contribution in [0.5, 0.6) is 0 Å². The molecule has 16 heteroatoms. The summed E-state index contributed by atoms with van der Waals surface area (Å²) in [5, 5.41) is 9.29. The number of carbonyl (C=O) groups excluding carboxylic acids is 2. The first-order valence-corrected chi connectivity index (χ1v) is 19.2. The summed E-state index contributed by atoms with van der Waals surface area (Å²) in [5.74, 6) is -4.92. The Balaban J connectivity index is 1.95. The molecular weight excluding hydrogens is 637 g/mol. The van der Waals surface area contributed by atoms with Crippen molar-refractivity contribution in [2.24, 2.45) is 4.36 Å². The fourth-order valence-corrected chi connectivity index (χ4v) is 7.13. The minimum Gasteiger partial charge on any atom is -0.405 e. The maximum Gasteiger partial charge on any atom is 0.435 e. The van der Waals surface area contributed by atoms with Crippen molar-refractivity contribution < 1.29 is 40.2 Å². The molecule has 2 aromatic rings. The highest BCUT2D eigenvalue weighted by Crippen LogP contribution is 2.38. The third-order valence-corrected chi connectivity index (χ3v) is 14.3. The highest BCUT2D eigenvalue weighted by molar-refractivity contribution is 7.93. The number of benzene rings is 1. The Morgan fingerprint density at radius 2 is 1.78 bits per heavy atom. The predicted octanol–water partition coefficient (Wildman–Crippen LogP) is 7.08. The standard InChI is InChI=1S/C29H40F5N5O4SSi/c1-18-22(24(37-36-23(18)29(32,33)34)39-15-10-13-28(30,31)14-16-39)26(41)35-20-11-9-12-21(17-20)44(6,42)38-25(40)19(2)43-45(7,8)27(3,4)5/h9,11-12,17,19H,10,13-16H2,1-8H3,(H,35,41)/t19-,44-/m1/s1. The molecule has 2 heterocycles. The molecule has 250 valence electrons. The molecule has 3 rings (SSSR count). The molecule has 2 atom stereocenters.